The Morgan fingerprint density at radius 1 is 1.38 bits per heavy atom. The second-order valence-electron chi connectivity index (χ2n) is 5.23. The van der Waals surface area contributed by atoms with Crippen LogP contribution >= 0.6 is 31.9 Å². The molecule has 6 heteroatoms. The number of hydrogen-bond acceptors (Lipinski definition) is 3. The van der Waals surface area contributed by atoms with E-state index in [9.17, 15) is 9.90 Å². The molecule has 1 aliphatic heterocycles. The minimum absolute atomic E-state index is 0.0355. The van der Waals surface area contributed by atoms with Crippen LogP contribution < -0.4 is 0 Å². The lowest BCUT2D eigenvalue weighted by atomic mass is 9.92. The zero-order valence-corrected chi connectivity index (χ0v) is 14.7. The highest BCUT2D eigenvalue weighted by atomic mass is 79.9. The fourth-order valence-electron chi connectivity index (χ4n) is 2.92. The molecule has 0 aliphatic carbocycles. The first-order valence-corrected chi connectivity index (χ1v) is 8.17. The number of rotatable bonds is 1. The minimum atomic E-state index is -0.950. The predicted octanol–water partition coefficient (Wildman–Crippen LogP) is 4.48. The summed E-state index contributed by atoms with van der Waals surface area (Å²) < 4.78 is 7.38. The van der Waals surface area contributed by atoms with Gasteiger partial charge in [-0.25, -0.2) is 4.79 Å². The zero-order valence-electron chi connectivity index (χ0n) is 11.5. The van der Waals surface area contributed by atoms with Crippen molar-refractivity contribution < 1.29 is 14.6 Å². The molecule has 3 rings (SSSR count). The van der Waals surface area contributed by atoms with E-state index in [2.05, 4.69) is 36.8 Å². The van der Waals surface area contributed by atoms with Crippen LogP contribution in [0.1, 0.15) is 41.6 Å². The highest BCUT2D eigenvalue weighted by Gasteiger charge is 2.30. The Morgan fingerprint density at radius 3 is 2.76 bits per heavy atom. The van der Waals surface area contributed by atoms with Crippen LogP contribution in [0.25, 0.3) is 10.9 Å². The van der Waals surface area contributed by atoms with Crippen LogP contribution in [0.2, 0.25) is 0 Å². The third-order valence-electron chi connectivity index (χ3n) is 3.66. The lowest BCUT2D eigenvalue weighted by Gasteiger charge is -2.29. The molecule has 0 saturated heterocycles. The Labute approximate surface area is 138 Å². The van der Waals surface area contributed by atoms with Gasteiger partial charge in [-0.3, -0.25) is 4.98 Å². The third kappa shape index (κ3) is 2.49. The first kappa shape index (κ1) is 14.9. The first-order valence-electron chi connectivity index (χ1n) is 6.58. The smallest absolute Gasteiger partial charge is 0.336 e. The molecule has 2 aromatic rings. The summed E-state index contributed by atoms with van der Waals surface area (Å²) >= 11 is 6.88. The van der Waals surface area contributed by atoms with E-state index in [1.165, 1.54) is 0 Å². The molecule has 2 atom stereocenters. The van der Waals surface area contributed by atoms with Crippen molar-refractivity contribution in [3.8, 4) is 0 Å². The molecule has 4 nitrogen and oxygen atoms in total. The number of carboxylic acids is 1. The summed E-state index contributed by atoms with van der Waals surface area (Å²) in [7, 11) is 0. The molecule has 2 unspecified atom stereocenters. The number of carbonyl (C=O) groups is 1. The molecule has 0 saturated carbocycles. The number of aromatic carboxylic acids is 1. The quantitative estimate of drug-likeness (QED) is 0.747. The molecule has 2 heterocycles. The summed E-state index contributed by atoms with van der Waals surface area (Å²) in [5.41, 5.74) is 2.47. The number of aromatic nitrogens is 1. The van der Waals surface area contributed by atoms with Crippen LogP contribution in [0.5, 0.6) is 0 Å². The fourth-order valence-corrected chi connectivity index (χ4v) is 4.23. The second-order valence-corrected chi connectivity index (χ2v) is 7.00. The molecule has 1 aromatic carbocycles. The van der Waals surface area contributed by atoms with Gasteiger partial charge in [0.05, 0.1) is 29.0 Å². The number of halogens is 2. The van der Waals surface area contributed by atoms with E-state index in [1.54, 1.807) is 6.07 Å². The molecule has 1 aromatic heterocycles. The molecule has 1 N–H and O–H groups in total. The molecule has 0 amide bonds. The van der Waals surface area contributed by atoms with Gasteiger partial charge in [0.25, 0.3) is 0 Å². The Balaban J connectivity index is 2.45. The summed E-state index contributed by atoms with van der Waals surface area (Å²) in [5.74, 6) is -0.950. The normalized spacial score (nSPS) is 21.3. The molecule has 1 aliphatic rings. The third-order valence-corrected chi connectivity index (χ3v) is 4.72. The minimum Gasteiger partial charge on any atom is -0.478 e. The predicted molar refractivity (Wildman–Crippen MR) is 86.8 cm³/mol. The van der Waals surface area contributed by atoms with Crippen LogP contribution in [0.15, 0.2) is 21.1 Å². The van der Waals surface area contributed by atoms with Crippen LogP contribution in [-0.2, 0) is 11.2 Å². The van der Waals surface area contributed by atoms with Gasteiger partial charge >= 0.3 is 5.97 Å². The van der Waals surface area contributed by atoms with Gasteiger partial charge in [-0.2, -0.15) is 0 Å². The summed E-state index contributed by atoms with van der Waals surface area (Å²) in [5, 5.41) is 10.3. The van der Waals surface area contributed by atoms with E-state index in [0.29, 0.717) is 22.9 Å². The van der Waals surface area contributed by atoms with Crippen LogP contribution in [0.3, 0.4) is 0 Å². The van der Waals surface area contributed by atoms with Crippen molar-refractivity contribution in [3.05, 3.63) is 37.9 Å². The molecular weight excluding hydrogens is 402 g/mol. The first-order chi connectivity index (χ1) is 9.88. The molecule has 21 heavy (non-hydrogen) atoms. The van der Waals surface area contributed by atoms with Gasteiger partial charge in [0.15, 0.2) is 0 Å². The molecule has 0 bridgehead atoms. The van der Waals surface area contributed by atoms with Crippen molar-refractivity contribution in [2.45, 2.75) is 32.5 Å². The van der Waals surface area contributed by atoms with Crippen molar-refractivity contribution in [2.75, 3.05) is 0 Å². The van der Waals surface area contributed by atoms with Crippen molar-refractivity contribution >= 4 is 48.7 Å². The van der Waals surface area contributed by atoms with Gasteiger partial charge in [0, 0.05) is 26.3 Å². The maximum Gasteiger partial charge on any atom is 0.336 e. The number of nitrogens with zero attached hydrogens (tertiary/aromatic N) is 1. The Morgan fingerprint density at radius 2 is 2.10 bits per heavy atom. The van der Waals surface area contributed by atoms with Crippen molar-refractivity contribution in [2.24, 2.45) is 0 Å². The van der Waals surface area contributed by atoms with Crippen LogP contribution in [0.4, 0.5) is 0 Å². The average Bonchev–Trinajstić information content (AvgIpc) is 2.36. The fraction of sp³-hybridized carbons (Fsp3) is 0.333. The standard InChI is InChI=1S/C15H13Br2NO3/c1-6-3-11-12(7(2)21-6)13(15(19)20)9-4-8(16)5-10(17)14(9)18-11/h4-7H,3H2,1-2H3,(H,19,20). The van der Waals surface area contributed by atoms with Gasteiger partial charge in [-0.15, -0.1) is 0 Å². The molecule has 110 valence electrons. The maximum absolute atomic E-state index is 11.8. The summed E-state index contributed by atoms with van der Waals surface area (Å²) in [6.07, 6.45) is 0.385. The largest absolute Gasteiger partial charge is 0.478 e. The number of benzene rings is 1. The van der Waals surface area contributed by atoms with Crippen molar-refractivity contribution in [1.82, 2.24) is 4.98 Å². The van der Waals surface area contributed by atoms with E-state index < -0.39 is 5.97 Å². The van der Waals surface area contributed by atoms with Crippen LogP contribution in [0, 0.1) is 0 Å². The van der Waals surface area contributed by atoms with Gasteiger partial charge in [-0.05, 0) is 41.9 Å². The summed E-state index contributed by atoms with van der Waals surface area (Å²) in [6.45, 7) is 3.85. The molecule has 0 radical (unpaired) electrons. The van der Waals surface area contributed by atoms with Crippen LogP contribution in [-0.4, -0.2) is 22.2 Å². The van der Waals surface area contributed by atoms with E-state index in [1.807, 2.05) is 19.9 Å². The number of carboxylic acid groups (broad SMARTS) is 1. The Bertz CT molecular complexity index is 760. The highest BCUT2D eigenvalue weighted by molar-refractivity contribution is 9.11. The number of fused-ring (bicyclic) bond motifs is 2. The number of ether oxygens (including phenoxy) is 1. The van der Waals surface area contributed by atoms with Gasteiger partial charge in [0.1, 0.15) is 0 Å². The van der Waals surface area contributed by atoms with Crippen molar-refractivity contribution in [3.63, 3.8) is 0 Å². The SMILES string of the molecule is CC1Cc2nc3c(Br)cc(Br)cc3c(C(=O)O)c2C(C)O1. The van der Waals surface area contributed by atoms with Gasteiger partial charge in [0.2, 0.25) is 0 Å². The van der Waals surface area contributed by atoms with Crippen molar-refractivity contribution in [1.29, 1.82) is 0 Å². The zero-order chi connectivity index (χ0) is 15.3. The topological polar surface area (TPSA) is 59.4 Å². The van der Waals surface area contributed by atoms with E-state index in [0.717, 1.165) is 14.6 Å². The molecular formula is C15H13Br2NO3. The molecule has 0 fully saturated rings. The van der Waals surface area contributed by atoms with Gasteiger partial charge in [-0.1, -0.05) is 15.9 Å². The molecule has 0 spiro atoms. The van der Waals surface area contributed by atoms with Gasteiger partial charge < -0.3 is 9.84 Å². The summed E-state index contributed by atoms with van der Waals surface area (Å²) in [4.78, 5) is 16.5. The van der Waals surface area contributed by atoms with E-state index in [-0.39, 0.29) is 17.8 Å². The van der Waals surface area contributed by atoms with E-state index in [4.69, 9.17) is 4.74 Å². The lowest BCUT2D eigenvalue weighted by Crippen LogP contribution is -2.26. The highest BCUT2D eigenvalue weighted by Crippen LogP contribution is 2.38. The lowest BCUT2D eigenvalue weighted by molar-refractivity contribution is -0.00661. The second kappa shape index (κ2) is 5.34. The maximum atomic E-state index is 11.8. The summed E-state index contributed by atoms with van der Waals surface area (Å²) in [6, 6.07) is 3.67. The number of pyridine rings is 1. The number of hydrogen-bond donors (Lipinski definition) is 1. The Kier molecular flexibility index (Phi) is 3.80. The van der Waals surface area contributed by atoms with E-state index >= 15 is 0 Å². The average molecular weight is 415 g/mol. The monoisotopic (exact) mass is 413 g/mol. The Hall–Kier alpha value is -0.980.